The van der Waals surface area contributed by atoms with Crippen LogP contribution in [0.25, 0.3) is 0 Å². The second kappa shape index (κ2) is 16.8. The van der Waals surface area contributed by atoms with E-state index in [1.165, 1.54) is 12.1 Å². The number of benzene rings is 1. The summed E-state index contributed by atoms with van der Waals surface area (Å²) in [4.78, 5) is 67.8. The van der Waals surface area contributed by atoms with E-state index in [9.17, 15) is 29.1 Å². The van der Waals surface area contributed by atoms with Gasteiger partial charge in [0.1, 0.15) is 36.0 Å². The van der Waals surface area contributed by atoms with Crippen LogP contribution in [0.15, 0.2) is 24.3 Å². The quantitative estimate of drug-likeness (QED) is 0.206. The van der Waals surface area contributed by atoms with Crippen LogP contribution >= 0.6 is 0 Å². The fourth-order valence-electron chi connectivity index (χ4n) is 4.94. The predicted molar refractivity (Wildman–Crippen MR) is 164 cm³/mol. The third-order valence-corrected chi connectivity index (χ3v) is 7.27. The molecule has 1 saturated heterocycles. The van der Waals surface area contributed by atoms with Crippen LogP contribution in [0.4, 0.5) is 0 Å². The largest absolute Gasteiger partial charge is 0.508 e. The van der Waals surface area contributed by atoms with Gasteiger partial charge >= 0.3 is 0 Å². The molecule has 0 bridgehead atoms. The molecule has 1 aliphatic rings. The summed E-state index contributed by atoms with van der Waals surface area (Å²) >= 11 is 0. The highest BCUT2D eigenvalue weighted by Gasteiger charge is 2.35. The summed E-state index contributed by atoms with van der Waals surface area (Å²) in [7, 11) is 0. The molecule has 1 aromatic rings. The van der Waals surface area contributed by atoms with Crippen molar-refractivity contribution in [2.75, 3.05) is 6.54 Å². The van der Waals surface area contributed by atoms with E-state index in [4.69, 9.17) is 5.73 Å². The maximum atomic E-state index is 13.7. The average Bonchev–Trinajstić information content (AvgIpc) is 2.92. The Balaban J connectivity index is 2.58. The maximum absolute atomic E-state index is 13.7. The van der Waals surface area contributed by atoms with E-state index in [1.807, 2.05) is 27.7 Å². The molecule has 0 unspecified atom stereocenters. The monoisotopic (exact) mass is 602 g/mol. The van der Waals surface area contributed by atoms with Crippen molar-refractivity contribution in [3.05, 3.63) is 29.8 Å². The molecule has 1 fully saturated rings. The van der Waals surface area contributed by atoms with Gasteiger partial charge in [-0.25, -0.2) is 0 Å². The van der Waals surface area contributed by atoms with Gasteiger partial charge in [-0.2, -0.15) is 0 Å². The highest BCUT2D eigenvalue weighted by atomic mass is 16.3. The van der Waals surface area contributed by atoms with Gasteiger partial charge in [-0.1, -0.05) is 53.7 Å². The van der Waals surface area contributed by atoms with Gasteiger partial charge in [0, 0.05) is 6.42 Å². The molecule has 5 amide bonds. The van der Waals surface area contributed by atoms with E-state index < -0.39 is 59.7 Å². The number of phenols is 1. The molecule has 43 heavy (non-hydrogen) atoms. The summed E-state index contributed by atoms with van der Waals surface area (Å²) in [6.45, 7) is 11.5. The number of amides is 5. The number of carbonyl (C=O) groups is 5. The molecule has 5 atom stereocenters. The van der Waals surface area contributed by atoms with Crippen LogP contribution in [0.5, 0.6) is 5.75 Å². The van der Waals surface area contributed by atoms with E-state index in [1.54, 1.807) is 26.0 Å². The van der Waals surface area contributed by atoms with Crippen molar-refractivity contribution in [1.29, 1.82) is 0 Å². The first kappa shape index (κ1) is 35.5. The number of aromatic hydroxyl groups is 1. The first-order chi connectivity index (χ1) is 20.2. The van der Waals surface area contributed by atoms with E-state index >= 15 is 0 Å². The molecule has 2 rings (SSSR count). The SMILES string of the molecule is CC(C)C[C@@H]1NC(=O)[C@H](CCCN)NC(=O)[C@H](C(C)C)NC(=O)[C@H](CC(C)C)NC(=O)[C@@H](Cc2ccc(O)cc2)NC1=O. The van der Waals surface area contributed by atoms with E-state index in [2.05, 4.69) is 26.6 Å². The lowest BCUT2D eigenvalue weighted by Gasteiger charge is -2.28. The molecule has 1 aromatic carbocycles. The highest BCUT2D eigenvalue weighted by Crippen LogP contribution is 2.15. The Morgan fingerprint density at radius 1 is 0.651 bits per heavy atom. The number of phenolic OH excluding ortho intramolecular Hbond substituents is 1. The molecule has 0 saturated carbocycles. The number of hydrogen-bond acceptors (Lipinski definition) is 7. The van der Waals surface area contributed by atoms with Crippen LogP contribution in [0.3, 0.4) is 0 Å². The van der Waals surface area contributed by atoms with Gasteiger partial charge in [-0.3, -0.25) is 24.0 Å². The normalized spacial score (nSPS) is 24.5. The van der Waals surface area contributed by atoms with Gasteiger partial charge in [0.05, 0.1) is 0 Å². The van der Waals surface area contributed by atoms with Crippen molar-refractivity contribution >= 4 is 29.5 Å². The molecule has 0 spiro atoms. The maximum Gasteiger partial charge on any atom is 0.243 e. The van der Waals surface area contributed by atoms with Gasteiger partial charge in [0.2, 0.25) is 29.5 Å². The van der Waals surface area contributed by atoms with Crippen LogP contribution in [0.1, 0.15) is 72.8 Å². The number of hydrogen-bond donors (Lipinski definition) is 7. The van der Waals surface area contributed by atoms with Gasteiger partial charge < -0.3 is 37.4 Å². The van der Waals surface area contributed by atoms with Crippen LogP contribution in [0, 0.1) is 17.8 Å². The van der Waals surface area contributed by atoms with Crippen LogP contribution in [-0.2, 0) is 30.4 Å². The predicted octanol–water partition coefficient (Wildman–Crippen LogP) is 0.859. The highest BCUT2D eigenvalue weighted by molar-refractivity contribution is 5.98. The molecule has 0 radical (unpaired) electrons. The van der Waals surface area contributed by atoms with E-state index in [-0.39, 0.29) is 42.8 Å². The van der Waals surface area contributed by atoms with Crippen molar-refractivity contribution < 1.29 is 29.1 Å². The zero-order valence-corrected chi connectivity index (χ0v) is 26.2. The van der Waals surface area contributed by atoms with Gasteiger partial charge in [-0.05, 0) is 67.7 Å². The Kier molecular flexibility index (Phi) is 13.9. The summed E-state index contributed by atoms with van der Waals surface area (Å²) in [5.74, 6) is -3.02. The lowest BCUT2D eigenvalue weighted by Crippen LogP contribution is -2.59. The third-order valence-electron chi connectivity index (χ3n) is 7.27. The van der Waals surface area contributed by atoms with E-state index in [0.29, 0.717) is 24.9 Å². The topological polar surface area (TPSA) is 192 Å². The summed E-state index contributed by atoms with van der Waals surface area (Å²) < 4.78 is 0. The van der Waals surface area contributed by atoms with E-state index in [0.717, 1.165) is 0 Å². The summed E-state index contributed by atoms with van der Waals surface area (Å²) in [6.07, 6.45) is 1.33. The number of nitrogens with two attached hydrogens (primary N) is 1. The zero-order chi connectivity index (χ0) is 32.3. The lowest BCUT2D eigenvalue weighted by atomic mass is 9.98. The van der Waals surface area contributed by atoms with Crippen LogP contribution < -0.4 is 32.3 Å². The van der Waals surface area contributed by atoms with Crippen molar-refractivity contribution in [1.82, 2.24) is 26.6 Å². The van der Waals surface area contributed by atoms with Crippen molar-refractivity contribution in [3.63, 3.8) is 0 Å². The van der Waals surface area contributed by atoms with Crippen LogP contribution in [-0.4, -0.2) is 71.4 Å². The Hall–Kier alpha value is -3.67. The Labute approximate surface area is 254 Å². The Morgan fingerprint density at radius 2 is 1.09 bits per heavy atom. The average molecular weight is 603 g/mol. The summed E-state index contributed by atoms with van der Waals surface area (Å²) in [5, 5.41) is 23.6. The van der Waals surface area contributed by atoms with Crippen molar-refractivity contribution in [3.8, 4) is 5.75 Å². The third kappa shape index (κ3) is 11.5. The fraction of sp³-hybridized carbons (Fsp3) is 0.645. The number of rotatable bonds is 10. The summed E-state index contributed by atoms with van der Waals surface area (Å²) in [5.41, 5.74) is 6.37. The molecule has 8 N–H and O–H groups in total. The second-order valence-electron chi connectivity index (χ2n) is 12.5. The van der Waals surface area contributed by atoms with Gasteiger partial charge in [-0.15, -0.1) is 0 Å². The Bertz CT molecular complexity index is 1110. The minimum Gasteiger partial charge on any atom is -0.508 e. The molecule has 0 aliphatic carbocycles. The minimum atomic E-state index is -1.09. The molecule has 0 aromatic heterocycles. The first-order valence-corrected chi connectivity index (χ1v) is 15.2. The lowest BCUT2D eigenvalue weighted by molar-refractivity contribution is -0.135. The fourth-order valence-corrected chi connectivity index (χ4v) is 4.94. The standard InChI is InChI=1S/C31H50N6O6/c1-17(2)14-23-28(40)36-25(16-20-9-11-21(38)12-10-20)29(41)35-24(15-18(3)4)30(42)37-26(19(5)6)31(43)33-22(8-7-13-32)27(39)34-23/h9-12,17-19,22-26,38H,7-8,13-16,32H2,1-6H3,(H,33,43)(H,34,39)(H,35,41)(H,36,40)(H,37,42)/t22-,23-,24-,25+,26-/m0/s1. The van der Waals surface area contributed by atoms with Crippen molar-refractivity contribution in [2.45, 2.75) is 104 Å². The number of carbonyl (C=O) groups excluding carboxylic acids is 5. The second-order valence-corrected chi connectivity index (χ2v) is 12.5. The molecule has 12 nitrogen and oxygen atoms in total. The first-order valence-electron chi connectivity index (χ1n) is 15.2. The molecular weight excluding hydrogens is 552 g/mol. The summed E-state index contributed by atoms with van der Waals surface area (Å²) in [6, 6.07) is 1.22. The molecule has 1 heterocycles. The van der Waals surface area contributed by atoms with Gasteiger partial charge in [0.25, 0.3) is 0 Å². The van der Waals surface area contributed by atoms with Crippen molar-refractivity contribution in [2.24, 2.45) is 23.5 Å². The van der Waals surface area contributed by atoms with Gasteiger partial charge in [0.15, 0.2) is 0 Å². The minimum absolute atomic E-state index is 0.0159. The Morgan fingerprint density at radius 3 is 1.58 bits per heavy atom. The smallest absolute Gasteiger partial charge is 0.243 e. The molecular formula is C31H50N6O6. The number of nitrogens with one attached hydrogen (secondary N) is 5. The molecule has 12 heteroatoms. The molecule has 1 aliphatic heterocycles. The zero-order valence-electron chi connectivity index (χ0n) is 26.2. The van der Waals surface area contributed by atoms with Crippen LogP contribution in [0.2, 0.25) is 0 Å². The molecule has 240 valence electrons.